The normalized spacial score (nSPS) is 11.7. The molecular weight excluding hydrogens is 406 g/mol. The molecule has 0 spiro atoms. The third-order valence-corrected chi connectivity index (χ3v) is 5.13. The fraction of sp³-hybridized carbons (Fsp3) is 0.200. The number of rotatable bonds is 9. The van der Waals surface area contributed by atoms with Crippen molar-refractivity contribution in [2.24, 2.45) is 10.3 Å². The van der Waals surface area contributed by atoms with Gasteiger partial charge < -0.3 is 24.1 Å². The van der Waals surface area contributed by atoms with Gasteiger partial charge in [-0.25, -0.2) is 0 Å². The van der Waals surface area contributed by atoms with E-state index in [1.54, 1.807) is 18.3 Å². The molecule has 4 rings (SSSR count). The number of oxime groups is 2. The SMILES string of the molecule is CCn1c2ccccc2c2cc(/C=N/OCCO/N=C/c3ccc(O)c(OC)c3)ccc21. The lowest BCUT2D eigenvalue weighted by molar-refractivity contribution is 0.0553. The maximum atomic E-state index is 9.59. The Morgan fingerprint density at radius 2 is 1.50 bits per heavy atom. The summed E-state index contributed by atoms with van der Waals surface area (Å²) in [5.74, 6) is 0.455. The highest BCUT2D eigenvalue weighted by Crippen LogP contribution is 2.29. The van der Waals surface area contributed by atoms with E-state index in [4.69, 9.17) is 14.4 Å². The third kappa shape index (κ3) is 4.51. The number of methoxy groups -OCH3 is 1. The van der Waals surface area contributed by atoms with Crippen molar-refractivity contribution >= 4 is 34.2 Å². The molecule has 7 heteroatoms. The van der Waals surface area contributed by atoms with Gasteiger partial charge in [0.1, 0.15) is 0 Å². The highest BCUT2D eigenvalue weighted by Gasteiger charge is 2.09. The molecule has 0 amide bonds. The molecule has 1 N–H and O–H groups in total. The minimum atomic E-state index is 0.0760. The number of aromatic hydroxyl groups is 1. The lowest BCUT2D eigenvalue weighted by Gasteiger charge is -2.03. The first-order valence-corrected chi connectivity index (χ1v) is 10.4. The van der Waals surface area contributed by atoms with E-state index >= 15 is 0 Å². The third-order valence-electron chi connectivity index (χ3n) is 5.13. The molecule has 7 nitrogen and oxygen atoms in total. The van der Waals surface area contributed by atoms with Crippen molar-refractivity contribution in [2.45, 2.75) is 13.5 Å². The first-order chi connectivity index (χ1) is 15.7. The Balaban J connectivity index is 1.30. The van der Waals surface area contributed by atoms with E-state index < -0.39 is 0 Å². The average molecular weight is 431 g/mol. The Bertz CT molecular complexity index is 1280. The van der Waals surface area contributed by atoms with E-state index in [9.17, 15) is 5.11 Å². The number of para-hydroxylation sites is 1. The monoisotopic (exact) mass is 431 g/mol. The van der Waals surface area contributed by atoms with Crippen molar-refractivity contribution in [2.75, 3.05) is 20.3 Å². The van der Waals surface area contributed by atoms with Crippen LogP contribution < -0.4 is 4.74 Å². The van der Waals surface area contributed by atoms with Crippen molar-refractivity contribution in [1.29, 1.82) is 0 Å². The van der Waals surface area contributed by atoms with Gasteiger partial charge >= 0.3 is 0 Å². The summed E-state index contributed by atoms with van der Waals surface area (Å²) in [6.07, 6.45) is 3.23. The van der Waals surface area contributed by atoms with E-state index in [1.807, 2.05) is 6.07 Å². The average Bonchev–Trinajstić information content (AvgIpc) is 3.14. The zero-order valence-corrected chi connectivity index (χ0v) is 18.1. The van der Waals surface area contributed by atoms with Gasteiger partial charge in [-0.15, -0.1) is 0 Å². The summed E-state index contributed by atoms with van der Waals surface area (Å²) in [6.45, 7) is 3.60. The van der Waals surface area contributed by atoms with Gasteiger partial charge in [-0.05, 0) is 48.9 Å². The summed E-state index contributed by atoms with van der Waals surface area (Å²) in [7, 11) is 1.49. The van der Waals surface area contributed by atoms with Crippen LogP contribution in [0.15, 0.2) is 71.0 Å². The van der Waals surface area contributed by atoms with Crippen molar-refractivity contribution in [3.63, 3.8) is 0 Å². The van der Waals surface area contributed by atoms with E-state index in [1.165, 1.54) is 41.2 Å². The quantitative estimate of drug-likeness (QED) is 0.232. The van der Waals surface area contributed by atoms with Gasteiger partial charge in [0.2, 0.25) is 0 Å². The number of benzene rings is 3. The zero-order valence-electron chi connectivity index (χ0n) is 18.1. The van der Waals surface area contributed by atoms with Crippen LogP contribution in [0.3, 0.4) is 0 Å². The van der Waals surface area contributed by atoms with Gasteiger partial charge in [-0.3, -0.25) is 0 Å². The zero-order chi connectivity index (χ0) is 22.3. The second-order valence-electron chi connectivity index (χ2n) is 7.10. The minimum Gasteiger partial charge on any atom is -0.504 e. The number of phenols is 1. The number of fused-ring (bicyclic) bond motifs is 3. The van der Waals surface area contributed by atoms with Gasteiger partial charge in [0.15, 0.2) is 24.7 Å². The number of ether oxygens (including phenoxy) is 1. The molecule has 0 aliphatic rings. The molecule has 1 aromatic heterocycles. The second kappa shape index (κ2) is 9.87. The molecule has 0 aliphatic carbocycles. The topological polar surface area (TPSA) is 77.6 Å². The molecule has 3 aromatic carbocycles. The molecule has 164 valence electrons. The van der Waals surface area contributed by atoms with Gasteiger partial charge in [0, 0.05) is 33.9 Å². The molecule has 0 unspecified atom stereocenters. The van der Waals surface area contributed by atoms with Crippen LogP contribution in [-0.2, 0) is 16.2 Å². The standard InChI is InChI=1S/C25H25N3O4/c1-3-28-22-7-5-4-6-20(22)21-14-18(8-10-23(21)28)16-26-31-12-13-32-27-17-19-9-11-24(29)25(15-19)30-2/h4-11,14-17,29H,3,12-13H2,1-2H3/b26-16+,27-17+. The Labute approximate surface area is 186 Å². The lowest BCUT2D eigenvalue weighted by atomic mass is 10.1. The minimum absolute atomic E-state index is 0.0760. The summed E-state index contributed by atoms with van der Waals surface area (Å²) in [5.41, 5.74) is 4.17. The van der Waals surface area contributed by atoms with E-state index in [0.717, 1.165) is 17.7 Å². The van der Waals surface area contributed by atoms with Crippen LogP contribution in [-0.4, -0.2) is 42.4 Å². The Hall–Kier alpha value is -4.00. The van der Waals surface area contributed by atoms with Crippen molar-refractivity contribution in [3.05, 3.63) is 71.8 Å². The van der Waals surface area contributed by atoms with Gasteiger partial charge in [-0.2, -0.15) is 0 Å². The first kappa shape index (κ1) is 21.2. The molecule has 0 saturated heterocycles. The van der Waals surface area contributed by atoms with Crippen molar-refractivity contribution < 1.29 is 19.5 Å². The number of hydrogen-bond donors (Lipinski definition) is 1. The van der Waals surface area contributed by atoms with Gasteiger partial charge in [0.05, 0.1) is 19.5 Å². The molecule has 0 fully saturated rings. The maximum Gasteiger partial charge on any atom is 0.161 e. The predicted molar refractivity (Wildman–Crippen MR) is 127 cm³/mol. The highest BCUT2D eigenvalue weighted by molar-refractivity contribution is 6.09. The fourth-order valence-electron chi connectivity index (χ4n) is 3.64. The van der Waals surface area contributed by atoms with Crippen LogP contribution in [0.2, 0.25) is 0 Å². The van der Waals surface area contributed by atoms with E-state index in [0.29, 0.717) is 5.75 Å². The molecule has 4 aromatic rings. The number of nitrogens with zero attached hydrogens (tertiary/aromatic N) is 3. The van der Waals surface area contributed by atoms with Crippen LogP contribution in [0.25, 0.3) is 21.8 Å². The van der Waals surface area contributed by atoms with Crippen LogP contribution in [0.5, 0.6) is 11.5 Å². The largest absolute Gasteiger partial charge is 0.504 e. The first-order valence-electron chi connectivity index (χ1n) is 10.4. The molecular formula is C25H25N3O4. The Morgan fingerprint density at radius 3 is 2.22 bits per heavy atom. The summed E-state index contributed by atoms with van der Waals surface area (Å²) in [4.78, 5) is 10.5. The number of aryl methyl sites for hydroxylation is 1. The molecule has 0 aliphatic heterocycles. The second-order valence-corrected chi connectivity index (χ2v) is 7.10. The molecule has 1 heterocycles. The van der Waals surface area contributed by atoms with Crippen molar-refractivity contribution in [1.82, 2.24) is 4.57 Å². The lowest BCUT2D eigenvalue weighted by Crippen LogP contribution is -1.98. The van der Waals surface area contributed by atoms with Gasteiger partial charge in [-0.1, -0.05) is 34.6 Å². The fourth-order valence-corrected chi connectivity index (χ4v) is 3.64. The smallest absolute Gasteiger partial charge is 0.161 e. The van der Waals surface area contributed by atoms with Gasteiger partial charge in [0.25, 0.3) is 0 Å². The van der Waals surface area contributed by atoms with E-state index in [-0.39, 0.29) is 19.0 Å². The summed E-state index contributed by atoms with van der Waals surface area (Å²) < 4.78 is 7.37. The Kier molecular flexibility index (Phi) is 6.55. The highest BCUT2D eigenvalue weighted by atomic mass is 16.7. The maximum absolute atomic E-state index is 9.59. The molecule has 0 atom stereocenters. The van der Waals surface area contributed by atoms with Crippen LogP contribution in [0.1, 0.15) is 18.1 Å². The van der Waals surface area contributed by atoms with Crippen LogP contribution >= 0.6 is 0 Å². The Morgan fingerprint density at radius 1 is 0.844 bits per heavy atom. The van der Waals surface area contributed by atoms with Crippen molar-refractivity contribution in [3.8, 4) is 11.5 Å². The number of hydrogen-bond acceptors (Lipinski definition) is 6. The summed E-state index contributed by atoms with van der Waals surface area (Å²) in [5, 5.41) is 19.9. The molecule has 32 heavy (non-hydrogen) atoms. The molecule has 0 saturated carbocycles. The van der Waals surface area contributed by atoms with Crippen LogP contribution in [0.4, 0.5) is 0 Å². The summed E-state index contributed by atoms with van der Waals surface area (Å²) >= 11 is 0. The number of phenolic OH excluding ortho intramolecular Hbond substituents is 1. The number of aromatic nitrogens is 1. The molecule has 0 bridgehead atoms. The van der Waals surface area contributed by atoms with E-state index in [2.05, 4.69) is 58.2 Å². The summed E-state index contributed by atoms with van der Waals surface area (Å²) in [6, 6.07) is 19.6. The predicted octanol–water partition coefficient (Wildman–Crippen LogP) is 4.93. The van der Waals surface area contributed by atoms with Crippen LogP contribution in [0, 0.1) is 0 Å². The molecule has 0 radical (unpaired) electrons.